The molecule has 7 nitrogen and oxygen atoms in total. The van der Waals surface area contributed by atoms with Crippen molar-refractivity contribution in [1.82, 2.24) is 4.98 Å². The third kappa shape index (κ3) is 3.81. The number of methoxy groups -OCH3 is 2. The van der Waals surface area contributed by atoms with Crippen molar-refractivity contribution in [2.75, 3.05) is 27.4 Å². The van der Waals surface area contributed by atoms with Crippen molar-refractivity contribution in [3.05, 3.63) is 46.3 Å². The lowest BCUT2D eigenvalue weighted by Crippen LogP contribution is -2.18. The summed E-state index contributed by atoms with van der Waals surface area (Å²) in [6.45, 7) is 2.75. The highest BCUT2D eigenvalue weighted by Crippen LogP contribution is 2.38. The van der Waals surface area contributed by atoms with Gasteiger partial charge in [0.2, 0.25) is 0 Å². The van der Waals surface area contributed by atoms with Crippen molar-refractivity contribution < 1.29 is 28.5 Å². The first-order valence-corrected chi connectivity index (χ1v) is 10.3. The minimum absolute atomic E-state index is 0.00128. The molecule has 4 rings (SSSR count). The molecule has 1 aliphatic heterocycles. The number of carbonyl (C=O) groups excluding carboxylic acids is 2. The lowest BCUT2D eigenvalue weighted by Gasteiger charge is -2.23. The van der Waals surface area contributed by atoms with Gasteiger partial charge in [-0.05, 0) is 55.4 Å². The van der Waals surface area contributed by atoms with Gasteiger partial charge in [-0.3, -0.25) is 4.79 Å². The molecule has 7 heteroatoms. The summed E-state index contributed by atoms with van der Waals surface area (Å²) in [5, 5.41) is 0. The van der Waals surface area contributed by atoms with Crippen LogP contribution in [-0.2, 0) is 15.9 Å². The van der Waals surface area contributed by atoms with Gasteiger partial charge < -0.3 is 23.9 Å². The highest BCUT2D eigenvalue weighted by atomic mass is 16.6. The number of hydrogen-bond acceptors (Lipinski definition) is 6. The molecule has 1 aromatic carbocycles. The number of rotatable bonds is 6. The van der Waals surface area contributed by atoms with Gasteiger partial charge >= 0.3 is 5.97 Å². The van der Waals surface area contributed by atoms with Gasteiger partial charge in [0.1, 0.15) is 12.3 Å². The van der Waals surface area contributed by atoms with Crippen LogP contribution >= 0.6 is 0 Å². The number of aromatic nitrogens is 1. The monoisotopic (exact) mass is 413 g/mol. The molecule has 0 saturated carbocycles. The molecule has 1 aromatic heterocycles. The summed E-state index contributed by atoms with van der Waals surface area (Å²) in [6.07, 6.45) is 2.88. The van der Waals surface area contributed by atoms with Crippen LogP contribution in [0.25, 0.3) is 0 Å². The van der Waals surface area contributed by atoms with Crippen molar-refractivity contribution in [3.8, 4) is 11.5 Å². The summed E-state index contributed by atoms with van der Waals surface area (Å²) in [6, 6.07) is 5.72. The number of fused-ring (bicyclic) bond motifs is 1. The Hall–Kier alpha value is -2.80. The Morgan fingerprint density at radius 1 is 1.20 bits per heavy atom. The molecule has 160 valence electrons. The van der Waals surface area contributed by atoms with Gasteiger partial charge in [-0.25, -0.2) is 4.79 Å². The third-order valence-corrected chi connectivity index (χ3v) is 6.00. The van der Waals surface area contributed by atoms with Crippen LogP contribution in [-0.4, -0.2) is 50.3 Å². The molecule has 2 aromatic rings. The topological polar surface area (TPSA) is 86.9 Å². The first kappa shape index (κ1) is 20.5. The molecule has 2 heterocycles. The van der Waals surface area contributed by atoms with E-state index in [1.54, 1.807) is 21.1 Å². The Bertz CT molecular complexity index is 957. The van der Waals surface area contributed by atoms with Crippen LogP contribution in [0.3, 0.4) is 0 Å². The van der Waals surface area contributed by atoms with Gasteiger partial charge in [-0.1, -0.05) is 6.07 Å². The van der Waals surface area contributed by atoms with Crippen LogP contribution in [0.2, 0.25) is 0 Å². The summed E-state index contributed by atoms with van der Waals surface area (Å²) in [5.74, 6) is 0.875. The number of ether oxygens (including phenoxy) is 4. The summed E-state index contributed by atoms with van der Waals surface area (Å²) in [7, 11) is 3.18. The minimum Gasteiger partial charge on any atom is -0.493 e. The van der Waals surface area contributed by atoms with Crippen LogP contribution in [0, 0.1) is 6.92 Å². The van der Waals surface area contributed by atoms with Gasteiger partial charge in [0, 0.05) is 24.3 Å². The second-order valence-corrected chi connectivity index (χ2v) is 7.85. The zero-order chi connectivity index (χ0) is 21.3. The second-order valence-electron chi connectivity index (χ2n) is 7.85. The second kappa shape index (κ2) is 8.52. The van der Waals surface area contributed by atoms with E-state index in [1.807, 2.05) is 18.2 Å². The Morgan fingerprint density at radius 2 is 2.00 bits per heavy atom. The van der Waals surface area contributed by atoms with Gasteiger partial charge in [-0.2, -0.15) is 0 Å². The summed E-state index contributed by atoms with van der Waals surface area (Å²) in [5.41, 5.74) is 3.43. The van der Waals surface area contributed by atoms with Crippen LogP contribution in [0.4, 0.5) is 0 Å². The van der Waals surface area contributed by atoms with E-state index in [4.69, 9.17) is 18.9 Å². The molecule has 1 fully saturated rings. The average molecular weight is 413 g/mol. The summed E-state index contributed by atoms with van der Waals surface area (Å²) >= 11 is 0. The molecular weight excluding hydrogens is 386 g/mol. The number of aromatic amines is 1. The Balaban J connectivity index is 1.54. The molecule has 2 atom stereocenters. The Labute approximate surface area is 175 Å². The van der Waals surface area contributed by atoms with Crippen LogP contribution in [0.5, 0.6) is 11.5 Å². The Morgan fingerprint density at radius 3 is 2.70 bits per heavy atom. The van der Waals surface area contributed by atoms with Gasteiger partial charge in [0.05, 0.1) is 20.3 Å². The minimum atomic E-state index is -0.437. The van der Waals surface area contributed by atoms with E-state index in [9.17, 15) is 9.59 Å². The van der Waals surface area contributed by atoms with E-state index < -0.39 is 5.97 Å². The fraction of sp³-hybridized carbons (Fsp3) is 0.478. The fourth-order valence-electron chi connectivity index (χ4n) is 4.40. The van der Waals surface area contributed by atoms with Crippen molar-refractivity contribution in [2.45, 2.75) is 44.6 Å². The average Bonchev–Trinajstić information content (AvgIpc) is 3.39. The molecule has 2 aliphatic rings. The van der Waals surface area contributed by atoms with Crippen molar-refractivity contribution >= 4 is 11.8 Å². The number of Topliss-reactive ketones (excluding diaryl/α,β-unsaturated/α-hetero) is 1. The van der Waals surface area contributed by atoms with Gasteiger partial charge in [-0.15, -0.1) is 0 Å². The predicted molar refractivity (Wildman–Crippen MR) is 110 cm³/mol. The molecule has 0 amide bonds. The standard InChI is InChI=1S/C23H27NO6/c1-13-21-17(24-22(13)23(26)30-12-16-5-4-8-29-16)9-15(10-18(21)25)14-6-7-19(27-2)20(11-14)28-3/h6-7,11,15-16,24H,4-5,8-10,12H2,1-3H3/t15-,16+/m0/s1. The first-order chi connectivity index (χ1) is 14.5. The maximum Gasteiger partial charge on any atom is 0.355 e. The van der Waals surface area contributed by atoms with Crippen LogP contribution in [0.1, 0.15) is 62.8 Å². The lowest BCUT2D eigenvalue weighted by molar-refractivity contribution is 0.0156. The summed E-state index contributed by atoms with van der Waals surface area (Å²) < 4.78 is 21.6. The molecule has 1 saturated heterocycles. The number of nitrogens with one attached hydrogen (secondary N) is 1. The van der Waals surface area contributed by atoms with E-state index in [0.29, 0.717) is 47.8 Å². The molecule has 0 bridgehead atoms. The van der Waals surface area contributed by atoms with E-state index in [0.717, 1.165) is 24.1 Å². The van der Waals surface area contributed by atoms with Crippen molar-refractivity contribution in [2.24, 2.45) is 0 Å². The van der Waals surface area contributed by atoms with Crippen LogP contribution < -0.4 is 9.47 Å². The zero-order valence-corrected chi connectivity index (χ0v) is 17.6. The Kier molecular flexibility index (Phi) is 5.81. The number of benzene rings is 1. The molecule has 0 spiro atoms. The summed E-state index contributed by atoms with van der Waals surface area (Å²) in [4.78, 5) is 28.7. The van der Waals surface area contributed by atoms with Crippen molar-refractivity contribution in [1.29, 1.82) is 0 Å². The van der Waals surface area contributed by atoms with E-state index in [-0.39, 0.29) is 24.4 Å². The highest BCUT2D eigenvalue weighted by molar-refractivity contribution is 6.03. The number of carbonyl (C=O) groups is 2. The predicted octanol–water partition coefficient (Wildman–Crippen LogP) is 3.59. The molecular formula is C23H27NO6. The van der Waals surface area contributed by atoms with Gasteiger partial charge in [0.25, 0.3) is 0 Å². The molecule has 30 heavy (non-hydrogen) atoms. The fourth-order valence-corrected chi connectivity index (χ4v) is 4.40. The molecule has 0 unspecified atom stereocenters. The number of esters is 1. The highest BCUT2D eigenvalue weighted by Gasteiger charge is 2.33. The van der Waals surface area contributed by atoms with Crippen molar-refractivity contribution in [3.63, 3.8) is 0 Å². The van der Waals surface area contributed by atoms with E-state index >= 15 is 0 Å². The van der Waals surface area contributed by atoms with Crippen LogP contribution in [0.15, 0.2) is 18.2 Å². The molecule has 1 N–H and O–H groups in total. The van der Waals surface area contributed by atoms with E-state index in [2.05, 4.69) is 4.98 Å². The number of H-pyrrole nitrogens is 1. The number of ketones is 1. The molecule has 1 aliphatic carbocycles. The molecule has 0 radical (unpaired) electrons. The van der Waals surface area contributed by atoms with E-state index in [1.165, 1.54) is 0 Å². The zero-order valence-electron chi connectivity index (χ0n) is 17.6. The smallest absolute Gasteiger partial charge is 0.355 e. The number of hydrogen-bond donors (Lipinski definition) is 1. The maximum absolute atomic E-state index is 12.9. The SMILES string of the molecule is COc1ccc([C@@H]2CC(=O)c3c([nH]c(C(=O)OC[C@H]4CCCO4)c3C)C2)cc1OC. The lowest BCUT2D eigenvalue weighted by atomic mass is 9.81. The largest absolute Gasteiger partial charge is 0.493 e. The third-order valence-electron chi connectivity index (χ3n) is 6.00. The maximum atomic E-state index is 12.9. The van der Waals surface area contributed by atoms with Gasteiger partial charge in [0.15, 0.2) is 17.3 Å². The quantitative estimate of drug-likeness (QED) is 0.729. The first-order valence-electron chi connectivity index (χ1n) is 10.3. The normalized spacial score (nSPS) is 20.7.